The Morgan fingerprint density at radius 3 is 2.52 bits per heavy atom. The molecule has 4 N–H and O–H groups in total. The minimum atomic E-state index is -1.16. The first kappa shape index (κ1) is 49.4. The molecule has 1 unspecified atom stereocenters. The number of benzene rings is 2. The fraction of sp³-hybridized carbons (Fsp3) is 0.538. The normalized spacial score (nSPS) is 22.5. The van der Waals surface area contributed by atoms with Crippen molar-refractivity contribution >= 4 is 40.6 Å². The van der Waals surface area contributed by atoms with Crippen LogP contribution >= 0.6 is 0 Å². The molecule has 2 aromatic carbocycles. The number of aryl methyl sites for hydroxylation is 1. The molecule has 17 nitrogen and oxygen atoms in total. The number of pyridine rings is 1. The van der Waals surface area contributed by atoms with Crippen LogP contribution in [0.1, 0.15) is 83.7 Å². The Labute approximate surface area is 404 Å². The Balaban J connectivity index is 1.16. The highest BCUT2D eigenvalue weighted by atomic mass is 16.5. The molecule has 4 aliphatic heterocycles. The quantitative estimate of drug-likeness (QED) is 0.123. The van der Waals surface area contributed by atoms with E-state index in [2.05, 4.69) is 59.6 Å². The van der Waals surface area contributed by atoms with E-state index in [1.165, 1.54) is 9.91 Å². The molecule has 2 aromatic heterocycles. The maximum atomic E-state index is 14.8. The zero-order valence-electron chi connectivity index (χ0n) is 41.5. The molecule has 3 fully saturated rings. The van der Waals surface area contributed by atoms with Crippen LogP contribution in [0.2, 0.25) is 0 Å². The van der Waals surface area contributed by atoms with Crippen molar-refractivity contribution in [1.29, 1.82) is 0 Å². The first-order chi connectivity index (χ1) is 32.9. The maximum absolute atomic E-state index is 14.8. The number of phenols is 1. The summed E-state index contributed by atoms with van der Waals surface area (Å²) < 4.78 is 14.2. The number of urea groups is 1. The van der Waals surface area contributed by atoms with Crippen LogP contribution in [-0.4, -0.2) is 148 Å². The summed E-state index contributed by atoms with van der Waals surface area (Å²) in [6.45, 7) is 14.4. The number of hydrogen-bond donors (Lipinski definition) is 4. The average molecular weight is 948 g/mol. The zero-order valence-corrected chi connectivity index (χ0v) is 41.5. The van der Waals surface area contributed by atoms with E-state index < -0.39 is 41.3 Å². The largest absolute Gasteiger partial charge is 0.508 e. The summed E-state index contributed by atoms with van der Waals surface area (Å²) in [6.07, 6.45) is 3.59. The summed E-state index contributed by atoms with van der Waals surface area (Å²) in [4.78, 5) is 79.9. The second kappa shape index (κ2) is 20.1. The number of nitrogens with zero attached hydrogens (tertiary/aromatic N) is 6. The zero-order chi connectivity index (χ0) is 49.5. The van der Waals surface area contributed by atoms with Gasteiger partial charge >= 0.3 is 12.0 Å². The number of nitrogens with one attached hydrogen (secondary N) is 3. The van der Waals surface area contributed by atoms with E-state index in [-0.39, 0.29) is 61.4 Å². The van der Waals surface area contributed by atoms with Gasteiger partial charge in [-0.15, -0.1) is 0 Å². The molecule has 6 heterocycles. The predicted molar refractivity (Wildman–Crippen MR) is 262 cm³/mol. The Bertz CT molecular complexity index is 2610. The molecule has 4 aliphatic rings. The summed E-state index contributed by atoms with van der Waals surface area (Å²) in [5.41, 5.74) is 9.56. The molecular formula is C52H69N9O8. The number of cyclic esters (lactones) is 1. The number of esters is 1. The van der Waals surface area contributed by atoms with Crippen LogP contribution in [0.25, 0.3) is 33.3 Å². The molecule has 0 spiro atoms. The second-order valence-corrected chi connectivity index (χ2v) is 20.4. The lowest BCUT2D eigenvalue weighted by atomic mass is 9.84. The van der Waals surface area contributed by atoms with Gasteiger partial charge in [-0.25, -0.2) is 10.2 Å². The van der Waals surface area contributed by atoms with E-state index in [4.69, 9.17) is 14.5 Å². The summed E-state index contributed by atoms with van der Waals surface area (Å²) >= 11 is 0. The number of methoxy groups -OCH3 is 1. The van der Waals surface area contributed by atoms with E-state index in [1.54, 1.807) is 49.3 Å². The predicted octanol–water partition coefficient (Wildman–Crippen LogP) is 5.03. The number of carbonyl (C=O) groups is 5. The highest BCUT2D eigenvalue weighted by molar-refractivity contribution is 5.96. The summed E-state index contributed by atoms with van der Waals surface area (Å²) in [5.74, 6) is -1.83. The fourth-order valence-corrected chi connectivity index (χ4v) is 10.5. The van der Waals surface area contributed by atoms with Gasteiger partial charge in [0.15, 0.2) is 0 Å². The number of amides is 5. The van der Waals surface area contributed by atoms with E-state index >= 15 is 0 Å². The molecular weight excluding hydrogens is 879 g/mol. The van der Waals surface area contributed by atoms with Gasteiger partial charge in [0.05, 0.1) is 36.2 Å². The molecule has 8 rings (SSSR count). The van der Waals surface area contributed by atoms with Gasteiger partial charge in [0.1, 0.15) is 23.9 Å². The van der Waals surface area contributed by atoms with Gasteiger partial charge in [-0.2, -0.15) is 0 Å². The molecule has 5 amide bonds. The lowest BCUT2D eigenvalue weighted by Crippen LogP contribution is -2.62. The third-order valence-corrected chi connectivity index (χ3v) is 14.3. The first-order valence-corrected chi connectivity index (χ1v) is 24.4. The van der Waals surface area contributed by atoms with E-state index in [9.17, 15) is 29.1 Å². The van der Waals surface area contributed by atoms with Gasteiger partial charge in [-0.05, 0) is 104 Å². The Hall–Kier alpha value is -6.04. The number of fused-ring (bicyclic) bond motifs is 6. The van der Waals surface area contributed by atoms with Gasteiger partial charge in [0.25, 0.3) is 5.91 Å². The van der Waals surface area contributed by atoms with Crippen LogP contribution in [0.4, 0.5) is 4.79 Å². The summed E-state index contributed by atoms with van der Waals surface area (Å²) in [5, 5.41) is 19.8. The number of aromatic nitrogens is 2. The molecule has 0 aliphatic carbocycles. The van der Waals surface area contributed by atoms with Crippen LogP contribution in [0.15, 0.2) is 54.7 Å². The molecule has 69 heavy (non-hydrogen) atoms. The molecule has 4 aromatic rings. The van der Waals surface area contributed by atoms with E-state index in [0.717, 1.165) is 44.5 Å². The molecule has 3 saturated heterocycles. The molecule has 0 radical (unpaired) electrons. The molecule has 6 atom stereocenters. The summed E-state index contributed by atoms with van der Waals surface area (Å²) in [7, 11) is 5.03. The molecule has 370 valence electrons. The number of hydrogen-bond acceptors (Lipinski definition) is 11. The fourth-order valence-electron chi connectivity index (χ4n) is 10.5. The highest BCUT2D eigenvalue weighted by Gasteiger charge is 2.41. The Kier molecular flexibility index (Phi) is 14.4. The van der Waals surface area contributed by atoms with Crippen molar-refractivity contribution in [2.45, 2.75) is 117 Å². The van der Waals surface area contributed by atoms with Gasteiger partial charge in [-0.3, -0.25) is 29.2 Å². The number of ether oxygens (including phenoxy) is 2. The van der Waals surface area contributed by atoms with Crippen molar-refractivity contribution in [1.82, 2.24) is 45.3 Å². The molecule has 0 saturated carbocycles. The lowest BCUT2D eigenvalue weighted by Gasteiger charge is -2.37. The van der Waals surface area contributed by atoms with Gasteiger partial charge in [0, 0.05) is 88.4 Å². The number of phenolic OH excluding ortho intramolecular Hbond substituents is 1. The SMILES string of the molecule is CCn1c(-c2cccnc2[C@H](C)OC)c2c3cc(ccc31)-c1cc(O)cc(c1)C[C@H](NC(=O)C(C(C)C)N(C)C(=O)N1CC[C@@H](N(C)C(=O)[C@H]3CN3)C1)C(=O)N1CCC[C@H](N1)C(=O)OCC(C)(C)C2. The monoisotopic (exact) mass is 948 g/mol. The van der Waals surface area contributed by atoms with E-state index in [1.807, 2.05) is 39.0 Å². The average Bonchev–Trinajstić information content (AvgIpc) is 3.99. The first-order valence-electron chi connectivity index (χ1n) is 24.4. The summed E-state index contributed by atoms with van der Waals surface area (Å²) in [6, 6.07) is 11.9. The standard InChI is InChI=1S/C52H69N9O8/c1-10-60-43-16-15-33-25-38(43)39(46(60)37-13-11-18-53-44(37)31(4)68-9)26-52(5,6)29-69-50(66)40-14-12-19-61(56-40)49(65)41(23-32-21-34(33)24-36(62)22-32)55-47(63)45(30(2)3)58(8)51(67)59-20-17-35(28-59)57(7)48(64)42-27-54-42/h11,13,15-16,18,21-22,24-25,30-31,35,40-42,45,54,56,62H,10,12,14,17,19-20,23,26-29H2,1-9H3,(H,55,63)/t31-,35+,40-,41-,42+,45?/m0/s1. The van der Waals surface area contributed by atoms with Crippen molar-refractivity contribution in [2.75, 3.05) is 54.0 Å². The highest BCUT2D eigenvalue weighted by Crippen LogP contribution is 2.42. The number of rotatable bonds is 10. The van der Waals surface area contributed by atoms with Gasteiger partial charge in [-0.1, -0.05) is 39.8 Å². The van der Waals surface area contributed by atoms with Crippen molar-refractivity contribution in [3.8, 4) is 28.1 Å². The minimum Gasteiger partial charge on any atom is -0.508 e. The second-order valence-electron chi connectivity index (χ2n) is 20.4. The van der Waals surface area contributed by atoms with Crippen LogP contribution < -0.4 is 16.1 Å². The minimum absolute atomic E-state index is 0.00484. The third kappa shape index (κ3) is 10.3. The van der Waals surface area contributed by atoms with Crippen LogP contribution in [0, 0.1) is 11.3 Å². The van der Waals surface area contributed by atoms with Crippen LogP contribution in [-0.2, 0) is 48.0 Å². The number of aromatic hydroxyl groups is 1. The smallest absolute Gasteiger partial charge is 0.324 e. The number of likely N-dealkylation sites (N-methyl/N-ethyl adjacent to an activating group) is 2. The Morgan fingerprint density at radius 2 is 1.81 bits per heavy atom. The van der Waals surface area contributed by atoms with Crippen molar-refractivity contribution in [3.05, 3.63) is 71.5 Å². The van der Waals surface area contributed by atoms with E-state index in [0.29, 0.717) is 57.4 Å². The van der Waals surface area contributed by atoms with Gasteiger partial charge < -0.3 is 44.5 Å². The molecule has 6 bridgehead atoms. The van der Waals surface area contributed by atoms with Crippen LogP contribution in [0.3, 0.4) is 0 Å². The molecule has 17 heteroatoms. The Morgan fingerprint density at radius 1 is 1.04 bits per heavy atom. The topological polar surface area (TPSA) is 201 Å². The van der Waals surface area contributed by atoms with Gasteiger partial charge in [0.2, 0.25) is 11.8 Å². The third-order valence-electron chi connectivity index (χ3n) is 14.3. The number of carbonyl (C=O) groups excluding carboxylic acids is 5. The maximum Gasteiger partial charge on any atom is 0.324 e. The van der Waals surface area contributed by atoms with Crippen molar-refractivity contribution in [2.24, 2.45) is 11.3 Å². The van der Waals surface area contributed by atoms with Crippen LogP contribution in [0.5, 0.6) is 5.75 Å². The van der Waals surface area contributed by atoms with Crippen molar-refractivity contribution < 1.29 is 38.6 Å². The number of hydrazine groups is 1. The van der Waals surface area contributed by atoms with Crippen molar-refractivity contribution in [3.63, 3.8) is 0 Å². The number of likely N-dealkylation sites (tertiary alicyclic amines) is 1. The lowest BCUT2D eigenvalue weighted by molar-refractivity contribution is -0.155.